The first kappa shape index (κ1) is 15.0. The molecule has 1 aromatic heterocycles. The lowest BCUT2D eigenvalue weighted by atomic mass is 10.1. The van der Waals surface area contributed by atoms with Gasteiger partial charge in [-0.3, -0.25) is 0 Å². The van der Waals surface area contributed by atoms with Crippen molar-refractivity contribution in [2.24, 2.45) is 0 Å². The summed E-state index contributed by atoms with van der Waals surface area (Å²) in [6, 6.07) is 12.8. The number of hydrogen-bond acceptors (Lipinski definition) is 1. The first-order valence-corrected chi connectivity index (χ1v) is 10.5. The number of fused-ring (bicyclic) bond motifs is 3. The van der Waals surface area contributed by atoms with Crippen LogP contribution in [0.5, 0.6) is 0 Å². The molecule has 21 heavy (non-hydrogen) atoms. The monoisotopic (exact) mass is 364 g/mol. The zero-order valence-corrected chi connectivity index (χ0v) is 15.2. The second kappa shape index (κ2) is 5.69. The number of para-hydroxylation sites is 1. The van der Waals surface area contributed by atoms with Crippen LogP contribution in [-0.2, 0) is 0 Å². The molecule has 0 aliphatic carbocycles. The summed E-state index contributed by atoms with van der Waals surface area (Å²) in [4.78, 5) is 1.50. The van der Waals surface area contributed by atoms with Gasteiger partial charge in [-0.1, -0.05) is 54.9 Å². The Morgan fingerprint density at radius 3 is 2.29 bits per heavy atom. The number of furan rings is 1. The van der Waals surface area contributed by atoms with E-state index in [4.69, 9.17) is 4.42 Å². The van der Waals surface area contributed by atoms with E-state index >= 15 is 0 Å². The van der Waals surface area contributed by atoms with Gasteiger partial charge in [0.15, 0.2) is 0 Å². The van der Waals surface area contributed by atoms with Crippen LogP contribution >= 0.6 is 26.0 Å². The van der Waals surface area contributed by atoms with Crippen LogP contribution in [0, 0.1) is 0 Å². The summed E-state index contributed by atoms with van der Waals surface area (Å²) in [5, 5.41) is 2.58. The molecule has 0 saturated heterocycles. The van der Waals surface area contributed by atoms with E-state index in [0.717, 1.165) is 15.6 Å². The van der Waals surface area contributed by atoms with E-state index in [-0.39, 0.29) is 0 Å². The normalized spacial score (nSPS) is 13.1. The standard InChI is InChI=1S/C18H21BrOS/c1-4-21(5-2,6-3)17-12-13(19)11-16-18(17)14-9-7-8-10-15(14)20-16/h7-12H,4-6H2,1-3H3. The van der Waals surface area contributed by atoms with E-state index in [1.165, 1.54) is 32.9 Å². The first-order chi connectivity index (χ1) is 10.1. The molecule has 1 nitrogen and oxygen atoms in total. The summed E-state index contributed by atoms with van der Waals surface area (Å²) in [6.45, 7) is 6.99. The second-order valence-corrected chi connectivity index (χ2v) is 10.5. The van der Waals surface area contributed by atoms with Crippen LogP contribution in [0.15, 0.2) is 50.2 Å². The fraction of sp³-hybridized carbons (Fsp3) is 0.333. The minimum atomic E-state index is -0.789. The summed E-state index contributed by atoms with van der Waals surface area (Å²) in [6.07, 6.45) is 0. The zero-order valence-electron chi connectivity index (χ0n) is 12.8. The van der Waals surface area contributed by atoms with Crippen molar-refractivity contribution in [3.8, 4) is 0 Å². The molecule has 3 heteroatoms. The molecular weight excluding hydrogens is 344 g/mol. The lowest BCUT2D eigenvalue weighted by Gasteiger charge is -2.38. The van der Waals surface area contributed by atoms with Gasteiger partial charge in [0.05, 0.1) is 0 Å². The molecule has 3 rings (SSSR count). The lowest BCUT2D eigenvalue weighted by molar-refractivity contribution is 0.668. The molecule has 1 heterocycles. The Morgan fingerprint density at radius 2 is 1.62 bits per heavy atom. The van der Waals surface area contributed by atoms with Crippen molar-refractivity contribution in [1.29, 1.82) is 0 Å². The third-order valence-electron chi connectivity index (χ3n) is 4.53. The molecule has 112 valence electrons. The van der Waals surface area contributed by atoms with Gasteiger partial charge in [-0.2, -0.15) is 0 Å². The topological polar surface area (TPSA) is 13.1 Å². The van der Waals surface area contributed by atoms with Crippen LogP contribution in [0.25, 0.3) is 21.9 Å². The molecule has 0 aliphatic heterocycles. The van der Waals surface area contributed by atoms with Crippen LogP contribution in [0.1, 0.15) is 20.8 Å². The van der Waals surface area contributed by atoms with E-state index in [1.54, 1.807) is 0 Å². The molecule has 0 spiro atoms. The summed E-state index contributed by atoms with van der Waals surface area (Å²) in [5.74, 6) is 3.68. The highest BCUT2D eigenvalue weighted by Gasteiger charge is 2.25. The summed E-state index contributed by atoms with van der Waals surface area (Å²) in [7, 11) is -0.789. The minimum absolute atomic E-state index is 0.789. The summed E-state index contributed by atoms with van der Waals surface area (Å²) in [5.41, 5.74) is 2.00. The van der Waals surface area contributed by atoms with Gasteiger partial charge in [0.1, 0.15) is 11.2 Å². The molecule has 0 N–H and O–H groups in total. The maximum Gasteiger partial charge on any atom is 0.137 e. The molecular formula is C18H21BrOS. The molecule has 3 aromatic rings. The van der Waals surface area contributed by atoms with E-state index in [9.17, 15) is 0 Å². The van der Waals surface area contributed by atoms with E-state index < -0.39 is 10.0 Å². The first-order valence-electron chi connectivity index (χ1n) is 7.52. The fourth-order valence-electron chi connectivity index (χ4n) is 3.20. The molecule has 0 atom stereocenters. The van der Waals surface area contributed by atoms with Crippen molar-refractivity contribution in [2.45, 2.75) is 25.7 Å². The van der Waals surface area contributed by atoms with Crippen molar-refractivity contribution < 1.29 is 4.42 Å². The van der Waals surface area contributed by atoms with Gasteiger partial charge in [0, 0.05) is 20.1 Å². The zero-order chi connectivity index (χ0) is 15.0. The number of halogens is 1. The predicted molar refractivity (Wildman–Crippen MR) is 98.9 cm³/mol. The van der Waals surface area contributed by atoms with Crippen LogP contribution in [0.3, 0.4) is 0 Å². The highest BCUT2D eigenvalue weighted by Crippen LogP contribution is 2.58. The second-order valence-electron chi connectivity index (χ2n) is 5.29. The highest BCUT2D eigenvalue weighted by atomic mass is 79.9. The van der Waals surface area contributed by atoms with Crippen molar-refractivity contribution in [1.82, 2.24) is 0 Å². The third kappa shape index (κ3) is 2.31. The van der Waals surface area contributed by atoms with Crippen molar-refractivity contribution in [3.05, 3.63) is 40.9 Å². The quantitative estimate of drug-likeness (QED) is 0.509. The maximum atomic E-state index is 6.09. The van der Waals surface area contributed by atoms with Gasteiger partial charge in [-0.25, -0.2) is 10.0 Å². The van der Waals surface area contributed by atoms with Crippen LogP contribution in [0.4, 0.5) is 0 Å². The molecule has 0 amide bonds. The molecule has 0 radical (unpaired) electrons. The van der Waals surface area contributed by atoms with E-state index in [1.807, 2.05) is 6.07 Å². The fourth-order valence-corrected chi connectivity index (χ4v) is 6.97. The summed E-state index contributed by atoms with van der Waals surface area (Å²) >= 11 is 3.67. The SMILES string of the molecule is CCS(CC)(CC)c1cc(Br)cc2oc3ccccc3c12. The van der Waals surface area contributed by atoms with Gasteiger partial charge in [-0.15, -0.1) is 0 Å². The molecule has 0 bridgehead atoms. The van der Waals surface area contributed by atoms with Crippen LogP contribution in [0.2, 0.25) is 0 Å². The number of rotatable bonds is 4. The van der Waals surface area contributed by atoms with Crippen molar-refractivity contribution in [3.63, 3.8) is 0 Å². The Labute approximate surface area is 136 Å². The van der Waals surface area contributed by atoms with Gasteiger partial charge in [0.2, 0.25) is 0 Å². The minimum Gasteiger partial charge on any atom is -0.456 e. The Balaban J connectivity index is 2.45. The van der Waals surface area contributed by atoms with E-state index in [2.05, 4.69) is 67.0 Å². The summed E-state index contributed by atoms with van der Waals surface area (Å²) < 4.78 is 7.21. The van der Waals surface area contributed by atoms with Crippen LogP contribution < -0.4 is 0 Å². The third-order valence-corrected chi connectivity index (χ3v) is 9.56. The molecule has 2 aromatic carbocycles. The molecule has 0 fully saturated rings. The van der Waals surface area contributed by atoms with Gasteiger partial charge >= 0.3 is 0 Å². The Bertz CT molecular complexity index is 778. The smallest absolute Gasteiger partial charge is 0.137 e. The van der Waals surface area contributed by atoms with Crippen molar-refractivity contribution >= 4 is 47.9 Å². The molecule has 0 saturated carbocycles. The van der Waals surface area contributed by atoms with Gasteiger partial charge < -0.3 is 4.42 Å². The number of benzene rings is 2. The molecule has 0 aliphatic rings. The average Bonchev–Trinajstić information content (AvgIpc) is 2.87. The lowest BCUT2D eigenvalue weighted by Crippen LogP contribution is -2.09. The van der Waals surface area contributed by atoms with Gasteiger partial charge in [0.25, 0.3) is 0 Å². The van der Waals surface area contributed by atoms with Crippen LogP contribution in [-0.4, -0.2) is 17.3 Å². The predicted octanol–water partition coefficient (Wildman–Crippen LogP) is 6.57. The van der Waals surface area contributed by atoms with E-state index in [0.29, 0.717) is 0 Å². The number of hydrogen-bond donors (Lipinski definition) is 0. The maximum absolute atomic E-state index is 6.09. The largest absolute Gasteiger partial charge is 0.456 e. The van der Waals surface area contributed by atoms with Crippen molar-refractivity contribution in [2.75, 3.05) is 17.3 Å². The molecule has 0 unspecified atom stereocenters. The Morgan fingerprint density at radius 1 is 0.952 bits per heavy atom. The Hall–Kier alpha value is -0.930. The Kier molecular flexibility index (Phi) is 4.06. The van der Waals surface area contributed by atoms with Gasteiger partial charge in [-0.05, 0) is 35.5 Å². The highest BCUT2D eigenvalue weighted by molar-refractivity contribution is 9.10. The average molecular weight is 365 g/mol.